The van der Waals surface area contributed by atoms with Gasteiger partial charge in [-0.15, -0.1) is 0 Å². The molecule has 0 spiro atoms. The van der Waals surface area contributed by atoms with Crippen molar-refractivity contribution in [1.82, 2.24) is 5.32 Å². The molecule has 1 aliphatic carbocycles. The van der Waals surface area contributed by atoms with Crippen LogP contribution in [0.4, 0.5) is 0 Å². The van der Waals surface area contributed by atoms with Crippen LogP contribution in [0.15, 0.2) is 0 Å². The number of hydrogen-bond acceptors (Lipinski definition) is 6. The molecule has 3 N–H and O–H groups in total. The summed E-state index contributed by atoms with van der Waals surface area (Å²) in [5.74, 6) is -0.587. The first-order valence-corrected chi connectivity index (χ1v) is 7.94. The van der Waals surface area contributed by atoms with Crippen molar-refractivity contribution in [2.45, 2.75) is 77.8 Å². The van der Waals surface area contributed by atoms with Crippen LogP contribution in [0.25, 0.3) is 0 Å². The zero-order chi connectivity index (χ0) is 15.7. The highest BCUT2D eigenvalue weighted by atomic mass is 16.6. The van der Waals surface area contributed by atoms with E-state index in [1.54, 1.807) is 6.92 Å². The van der Waals surface area contributed by atoms with E-state index in [9.17, 15) is 9.59 Å². The predicted octanol–water partition coefficient (Wildman–Crippen LogP) is 2.02. The molecule has 1 aliphatic rings. The summed E-state index contributed by atoms with van der Waals surface area (Å²) in [6.07, 6.45) is 5.64. The van der Waals surface area contributed by atoms with Crippen molar-refractivity contribution < 1.29 is 19.1 Å². The normalized spacial score (nSPS) is 18.8. The fourth-order valence-corrected chi connectivity index (χ4v) is 2.44. The van der Waals surface area contributed by atoms with Crippen LogP contribution in [-0.4, -0.2) is 24.5 Å². The molecular weight excluding hydrogens is 272 g/mol. The zero-order valence-electron chi connectivity index (χ0n) is 13.1. The first-order valence-electron chi connectivity index (χ1n) is 7.94. The lowest BCUT2D eigenvalue weighted by Gasteiger charge is -2.24. The van der Waals surface area contributed by atoms with E-state index < -0.39 is 12.6 Å². The lowest BCUT2D eigenvalue weighted by Crippen LogP contribution is -2.48. The monoisotopic (exact) mass is 300 g/mol. The third kappa shape index (κ3) is 7.43. The van der Waals surface area contributed by atoms with Gasteiger partial charge in [-0.05, 0) is 26.2 Å². The van der Waals surface area contributed by atoms with Crippen LogP contribution in [0.2, 0.25) is 0 Å². The summed E-state index contributed by atoms with van der Waals surface area (Å²) < 4.78 is 10.3. The maximum atomic E-state index is 11.9. The molecule has 1 saturated carbocycles. The number of ether oxygens (including phenoxy) is 2. The second-order valence-corrected chi connectivity index (χ2v) is 5.59. The number of nitrogens with two attached hydrogens (primary N) is 1. The molecule has 0 aromatic heterocycles. The Morgan fingerprint density at radius 1 is 1.24 bits per heavy atom. The highest BCUT2D eigenvalue weighted by Crippen LogP contribution is 2.24. The molecule has 2 unspecified atom stereocenters. The van der Waals surface area contributed by atoms with Gasteiger partial charge in [-0.3, -0.25) is 15.3 Å². The smallest absolute Gasteiger partial charge is 0.311 e. The second-order valence-electron chi connectivity index (χ2n) is 5.59. The Labute approximate surface area is 126 Å². The molecule has 0 amide bonds. The standard InChI is InChI=1S/C15H28N2O4/c1-3-4-10-13(18)20-11(2)17-15(16)21-14(19)12-8-6-5-7-9-12/h11-12,15,17H,3-10,16H2,1-2H3. The Morgan fingerprint density at radius 3 is 2.52 bits per heavy atom. The van der Waals surface area contributed by atoms with Crippen molar-refractivity contribution in [3.05, 3.63) is 0 Å². The zero-order valence-corrected chi connectivity index (χ0v) is 13.1. The number of hydrogen-bond donors (Lipinski definition) is 2. The van der Waals surface area contributed by atoms with Crippen molar-refractivity contribution >= 4 is 11.9 Å². The molecule has 122 valence electrons. The summed E-state index contributed by atoms with van der Waals surface area (Å²) in [7, 11) is 0. The minimum Gasteiger partial charge on any atom is -0.447 e. The summed E-state index contributed by atoms with van der Waals surface area (Å²) in [5, 5.41) is 2.75. The first-order chi connectivity index (χ1) is 10.0. The number of nitrogens with one attached hydrogen (secondary N) is 1. The summed E-state index contributed by atoms with van der Waals surface area (Å²) in [6.45, 7) is 3.67. The fraction of sp³-hybridized carbons (Fsp3) is 0.867. The van der Waals surface area contributed by atoms with Gasteiger partial charge >= 0.3 is 11.9 Å². The lowest BCUT2D eigenvalue weighted by molar-refractivity contribution is -0.161. The van der Waals surface area contributed by atoms with Crippen molar-refractivity contribution in [2.24, 2.45) is 11.7 Å². The van der Waals surface area contributed by atoms with Gasteiger partial charge in [-0.25, -0.2) is 5.32 Å². The SMILES string of the molecule is CCCCC(=O)OC(C)NC(N)OC(=O)C1CCCCC1. The Morgan fingerprint density at radius 2 is 1.90 bits per heavy atom. The van der Waals surface area contributed by atoms with Crippen LogP contribution < -0.4 is 11.1 Å². The topological polar surface area (TPSA) is 90.7 Å². The molecule has 0 aliphatic heterocycles. The molecule has 2 atom stereocenters. The van der Waals surface area contributed by atoms with Crippen LogP contribution in [0.5, 0.6) is 0 Å². The molecule has 21 heavy (non-hydrogen) atoms. The average molecular weight is 300 g/mol. The van der Waals surface area contributed by atoms with E-state index >= 15 is 0 Å². The molecule has 6 heteroatoms. The van der Waals surface area contributed by atoms with E-state index in [4.69, 9.17) is 15.2 Å². The highest BCUT2D eigenvalue weighted by molar-refractivity contribution is 5.72. The summed E-state index contributed by atoms with van der Waals surface area (Å²) in [5.41, 5.74) is 5.71. The first kappa shape index (κ1) is 17.9. The quantitative estimate of drug-likeness (QED) is 0.526. The minimum atomic E-state index is -0.951. The Hall–Kier alpha value is -1.14. The largest absolute Gasteiger partial charge is 0.447 e. The molecule has 0 saturated heterocycles. The number of esters is 2. The Balaban J connectivity index is 2.23. The summed E-state index contributed by atoms with van der Waals surface area (Å²) in [4.78, 5) is 23.4. The van der Waals surface area contributed by atoms with Gasteiger partial charge in [0.2, 0.25) is 6.35 Å². The number of carbonyl (C=O) groups is 2. The molecule has 1 rings (SSSR count). The minimum absolute atomic E-state index is 0.0472. The van der Waals surface area contributed by atoms with Gasteiger partial charge in [0.15, 0.2) is 6.23 Å². The van der Waals surface area contributed by atoms with Crippen LogP contribution in [0.3, 0.4) is 0 Å². The van der Waals surface area contributed by atoms with E-state index in [0.717, 1.165) is 38.5 Å². The average Bonchev–Trinajstić information content (AvgIpc) is 2.45. The molecule has 1 fully saturated rings. The Kier molecular flexibility index (Phi) is 8.30. The van der Waals surface area contributed by atoms with Crippen molar-refractivity contribution in [3.8, 4) is 0 Å². The van der Waals surface area contributed by atoms with Crippen LogP contribution >= 0.6 is 0 Å². The summed E-state index contributed by atoms with van der Waals surface area (Å²) >= 11 is 0. The van der Waals surface area contributed by atoms with Crippen LogP contribution in [0.1, 0.15) is 65.2 Å². The van der Waals surface area contributed by atoms with Crippen molar-refractivity contribution in [1.29, 1.82) is 0 Å². The van der Waals surface area contributed by atoms with E-state index in [1.807, 2.05) is 6.92 Å². The van der Waals surface area contributed by atoms with Gasteiger partial charge in [0.1, 0.15) is 0 Å². The van der Waals surface area contributed by atoms with E-state index in [1.165, 1.54) is 6.42 Å². The third-order valence-electron chi connectivity index (χ3n) is 3.62. The van der Waals surface area contributed by atoms with Gasteiger partial charge in [-0.2, -0.15) is 0 Å². The van der Waals surface area contributed by atoms with Gasteiger partial charge < -0.3 is 9.47 Å². The number of carbonyl (C=O) groups excluding carboxylic acids is 2. The number of unbranched alkanes of at least 4 members (excludes halogenated alkanes) is 1. The van der Waals surface area contributed by atoms with Crippen molar-refractivity contribution in [2.75, 3.05) is 0 Å². The van der Waals surface area contributed by atoms with Crippen LogP contribution in [0, 0.1) is 5.92 Å². The number of rotatable bonds is 8. The molecule has 0 aromatic rings. The molecule has 0 aromatic carbocycles. The van der Waals surface area contributed by atoms with Gasteiger partial charge in [0.25, 0.3) is 0 Å². The molecule has 0 heterocycles. The van der Waals surface area contributed by atoms with E-state index in [2.05, 4.69) is 5.32 Å². The second kappa shape index (κ2) is 9.73. The maximum Gasteiger partial charge on any atom is 0.311 e. The highest BCUT2D eigenvalue weighted by Gasteiger charge is 2.24. The van der Waals surface area contributed by atoms with E-state index in [0.29, 0.717) is 6.42 Å². The van der Waals surface area contributed by atoms with Crippen molar-refractivity contribution in [3.63, 3.8) is 0 Å². The molecule has 0 bridgehead atoms. The van der Waals surface area contributed by atoms with Gasteiger partial charge in [0, 0.05) is 6.42 Å². The molecular formula is C15H28N2O4. The van der Waals surface area contributed by atoms with Crippen LogP contribution in [-0.2, 0) is 19.1 Å². The predicted molar refractivity (Wildman–Crippen MR) is 78.9 cm³/mol. The third-order valence-corrected chi connectivity index (χ3v) is 3.62. The van der Waals surface area contributed by atoms with E-state index in [-0.39, 0.29) is 17.9 Å². The lowest BCUT2D eigenvalue weighted by atomic mass is 9.89. The molecule has 6 nitrogen and oxygen atoms in total. The molecule has 0 radical (unpaired) electrons. The fourth-order valence-electron chi connectivity index (χ4n) is 2.44. The maximum absolute atomic E-state index is 11.9. The van der Waals surface area contributed by atoms with Gasteiger partial charge in [-0.1, -0.05) is 32.6 Å². The summed E-state index contributed by atoms with van der Waals surface area (Å²) in [6, 6.07) is 0. The Bertz CT molecular complexity index is 330. The van der Waals surface area contributed by atoms with Gasteiger partial charge in [0.05, 0.1) is 5.92 Å².